The molecule has 0 atom stereocenters. The summed E-state index contributed by atoms with van der Waals surface area (Å²) in [6.07, 6.45) is 1.78. The Hall–Kier alpha value is -2.16. The van der Waals surface area contributed by atoms with Crippen LogP contribution in [0.15, 0.2) is 53.8 Å². The Bertz CT molecular complexity index is 489. The molecular formula is C13H12N2O. The first kappa shape index (κ1) is 10.4. The Morgan fingerprint density at radius 2 is 1.81 bits per heavy atom. The number of hydrogen-bond donors (Lipinski definition) is 1. The van der Waals surface area contributed by atoms with E-state index in [0.717, 1.165) is 11.1 Å². The maximum Gasteiger partial charge on any atom is 0.102 e. The van der Waals surface area contributed by atoms with E-state index >= 15 is 0 Å². The van der Waals surface area contributed by atoms with Crippen molar-refractivity contribution in [2.24, 2.45) is 5.16 Å². The summed E-state index contributed by atoms with van der Waals surface area (Å²) in [7, 11) is 0. The zero-order chi connectivity index (χ0) is 11.4. The molecule has 0 radical (unpaired) electrons. The van der Waals surface area contributed by atoms with Gasteiger partial charge in [-0.05, 0) is 18.6 Å². The lowest BCUT2D eigenvalue weighted by molar-refractivity contribution is 0.319. The number of hydrogen-bond acceptors (Lipinski definition) is 3. The van der Waals surface area contributed by atoms with Gasteiger partial charge in [0, 0.05) is 11.8 Å². The smallest absolute Gasteiger partial charge is 0.102 e. The molecule has 2 aromatic rings. The van der Waals surface area contributed by atoms with Gasteiger partial charge in [-0.3, -0.25) is 4.98 Å². The minimum atomic E-state index is 0.514. The van der Waals surface area contributed by atoms with E-state index in [4.69, 9.17) is 5.21 Å². The second-order valence-corrected chi connectivity index (χ2v) is 3.48. The van der Waals surface area contributed by atoms with Crippen molar-refractivity contribution in [2.45, 2.75) is 6.92 Å². The Balaban J connectivity index is 2.34. The highest BCUT2D eigenvalue weighted by molar-refractivity contribution is 5.96. The Labute approximate surface area is 94.1 Å². The number of pyridine rings is 1. The van der Waals surface area contributed by atoms with Crippen LogP contribution < -0.4 is 0 Å². The zero-order valence-electron chi connectivity index (χ0n) is 8.96. The summed E-state index contributed by atoms with van der Waals surface area (Å²) in [4.78, 5) is 4.24. The highest BCUT2D eigenvalue weighted by Gasteiger charge is 2.01. The highest BCUT2D eigenvalue weighted by Crippen LogP contribution is 2.17. The quantitative estimate of drug-likeness (QED) is 0.472. The van der Waals surface area contributed by atoms with Gasteiger partial charge in [0.1, 0.15) is 5.71 Å². The lowest BCUT2D eigenvalue weighted by Crippen LogP contribution is -1.97. The molecule has 0 unspecified atom stereocenters. The first-order valence-corrected chi connectivity index (χ1v) is 5.02. The summed E-state index contributed by atoms with van der Waals surface area (Å²) < 4.78 is 0. The van der Waals surface area contributed by atoms with Crippen LogP contribution in [0.2, 0.25) is 0 Å². The molecule has 1 N–H and O–H groups in total. The van der Waals surface area contributed by atoms with Crippen molar-refractivity contribution in [3.05, 3.63) is 54.4 Å². The van der Waals surface area contributed by atoms with Crippen LogP contribution in [0.4, 0.5) is 0 Å². The monoisotopic (exact) mass is 212 g/mol. The molecule has 0 bridgehead atoms. The Morgan fingerprint density at radius 1 is 1.06 bits per heavy atom. The Morgan fingerprint density at radius 3 is 2.38 bits per heavy atom. The number of rotatable bonds is 2. The summed E-state index contributed by atoms with van der Waals surface area (Å²) in [5.41, 5.74) is 3.37. The number of oxime groups is 1. The van der Waals surface area contributed by atoms with Crippen LogP contribution in [-0.2, 0) is 0 Å². The van der Waals surface area contributed by atoms with E-state index in [0.29, 0.717) is 11.4 Å². The molecule has 3 heteroatoms. The summed E-state index contributed by atoms with van der Waals surface area (Å²) in [5.74, 6) is 0. The second-order valence-electron chi connectivity index (χ2n) is 3.48. The van der Waals surface area contributed by atoms with Gasteiger partial charge < -0.3 is 5.21 Å². The van der Waals surface area contributed by atoms with Gasteiger partial charge >= 0.3 is 0 Å². The SMILES string of the molecule is CC(=NO)c1ccc(-c2ccccc2)cn1. The van der Waals surface area contributed by atoms with Gasteiger partial charge in [-0.2, -0.15) is 0 Å². The van der Waals surface area contributed by atoms with Crippen molar-refractivity contribution in [1.82, 2.24) is 4.98 Å². The molecule has 2 rings (SSSR count). The third-order valence-corrected chi connectivity index (χ3v) is 2.39. The minimum absolute atomic E-state index is 0.514. The summed E-state index contributed by atoms with van der Waals surface area (Å²) >= 11 is 0. The van der Waals surface area contributed by atoms with Gasteiger partial charge in [0.25, 0.3) is 0 Å². The first-order valence-electron chi connectivity index (χ1n) is 5.02. The number of benzene rings is 1. The molecule has 1 aromatic carbocycles. The maximum atomic E-state index is 8.62. The lowest BCUT2D eigenvalue weighted by Gasteiger charge is -2.02. The van der Waals surface area contributed by atoms with E-state index in [2.05, 4.69) is 10.1 Å². The van der Waals surface area contributed by atoms with Crippen molar-refractivity contribution in [3.63, 3.8) is 0 Å². The number of nitrogens with zero attached hydrogens (tertiary/aromatic N) is 2. The largest absolute Gasteiger partial charge is 0.411 e. The van der Waals surface area contributed by atoms with Crippen LogP contribution in [0.5, 0.6) is 0 Å². The summed E-state index contributed by atoms with van der Waals surface area (Å²) in [5, 5.41) is 11.7. The van der Waals surface area contributed by atoms with Crippen LogP contribution in [-0.4, -0.2) is 15.9 Å². The topological polar surface area (TPSA) is 45.5 Å². The van der Waals surface area contributed by atoms with E-state index in [1.54, 1.807) is 13.1 Å². The van der Waals surface area contributed by atoms with Gasteiger partial charge in [0.2, 0.25) is 0 Å². The average molecular weight is 212 g/mol. The molecule has 0 amide bonds. The standard InChI is InChI=1S/C13H12N2O/c1-10(15-16)13-8-7-12(9-14-13)11-5-3-2-4-6-11/h2-9,16H,1H3. The van der Waals surface area contributed by atoms with Gasteiger partial charge in [-0.15, -0.1) is 0 Å². The maximum absolute atomic E-state index is 8.62. The fraction of sp³-hybridized carbons (Fsp3) is 0.0769. The predicted octanol–water partition coefficient (Wildman–Crippen LogP) is 2.95. The molecule has 3 nitrogen and oxygen atoms in total. The van der Waals surface area contributed by atoms with Crippen molar-refractivity contribution >= 4 is 5.71 Å². The van der Waals surface area contributed by atoms with Crippen molar-refractivity contribution in [1.29, 1.82) is 0 Å². The molecule has 1 aromatic heterocycles. The molecule has 0 aliphatic carbocycles. The van der Waals surface area contributed by atoms with E-state index in [9.17, 15) is 0 Å². The fourth-order valence-electron chi connectivity index (χ4n) is 1.46. The van der Waals surface area contributed by atoms with Crippen molar-refractivity contribution < 1.29 is 5.21 Å². The van der Waals surface area contributed by atoms with E-state index < -0.39 is 0 Å². The molecule has 16 heavy (non-hydrogen) atoms. The minimum Gasteiger partial charge on any atom is -0.411 e. The van der Waals surface area contributed by atoms with E-state index in [1.165, 1.54) is 0 Å². The van der Waals surface area contributed by atoms with Gasteiger partial charge in [-0.25, -0.2) is 0 Å². The average Bonchev–Trinajstić information content (AvgIpc) is 2.39. The summed E-state index contributed by atoms with van der Waals surface area (Å²) in [6.45, 7) is 1.71. The molecule has 80 valence electrons. The first-order chi connectivity index (χ1) is 7.81. The fourth-order valence-corrected chi connectivity index (χ4v) is 1.46. The molecule has 0 spiro atoms. The third-order valence-electron chi connectivity index (χ3n) is 2.39. The normalized spacial score (nSPS) is 11.4. The Kier molecular flexibility index (Phi) is 2.96. The predicted molar refractivity (Wildman–Crippen MR) is 63.7 cm³/mol. The number of aromatic nitrogens is 1. The van der Waals surface area contributed by atoms with Crippen LogP contribution in [0, 0.1) is 0 Å². The molecule has 0 aliphatic rings. The molecule has 0 aliphatic heterocycles. The highest BCUT2D eigenvalue weighted by atomic mass is 16.4. The van der Waals surface area contributed by atoms with Gasteiger partial charge in [-0.1, -0.05) is 41.6 Å². The van der Waals surface area contributed by atoms with Crippen LogP contribution in [0.1, 0.15) is 12.6 Å². The van der Waals surface area contributed by atoms with Gasteiger partial charge in [0.15, 0.2) is 0 Å². The molecule has 0 saturated carbocycles. The van der Waals surface area contributed by atoms with Crippen LogP contribution in [0.3, 0.4) is 0 Å². The zero-order valence-corrected chi connectivity index (χ0v) is 8.96. The van der Waals surface area contributed by atoms with Crippen molar-refractivity contribution in [3.8, 4) is 11.1 Å². The summed E-state index contributed by atoms with van der Waals surface area (Å²) in [6, 6.07) is 13.8. The van der Waals surface area contributed by atoms with Gasteiger partial charge in [0.05, 0.1) is 5.69 Å². The lowest BCUT2D eigenvalue weighted by atomic mass is 10.1. The van der Waals surface area contributed by atoms with E-state index in [1.807, 2.05) is 42.5 Å². The third kappa shape index (κ3) is 2.08. The molecular weight excluding hydrogens is 200 g/mol. The van der Waals surface area contributed by atoms with Crippen LogP contribution in [0.25, 0.3) is 11.1 Å². The molecule has 0 fully saturated rings. The molecule has 0 saturated heterocycles. The van der Waals surface area contributed by atoms with E-state index in [-0.39, 0.29) is 0 Å². The molecule has 1 heterocycles. The second kappa shape index (κ2) is 4.57. The van der Waals surface area contributed by atoms with Crippen LogP contribution >= 0.6 is 0 Å². The van der Waals surface area contributed by atoms with Crippen molar-refractivity contribution in [2.75, 3.05) is 0 Å².